The van der Waals surface area contributed by atoms with Crippen LogP contribution in [0.5, 0.6) is 0 Å². The summed E-state index contributed by atoms with van der Waals surface area (Å²) in [5, 5.41) is 12.2. The molecule has 7 nitrogen and oxygen atoms in total. The summed E-state index contributed by atoms with van der Waals surface area (Å²) in [6, 6.07) is 7.24. The smallest absolute Gasteiger partial charge is 0.267 e. The molecule has 0 radical (unpaired) electrons. The number of aryl methyl sites for hydroxylation is 1. The number of amides is 1. The summed E-state index contributed by atoms with van der Waals surface area (Å²) in [7, 11) is -1.54. The number of hydrogen-bond donors (Lipinski definition) is 1. The fourth-order valence-electron chi connectivity index (χ4n) is 2.85. The number of carbonyl (C=O) groups excluding carboxylic acids is 1. The first-order valence-corrected chi connectivity index (χ1v) is 11.3. The summed E-state index contributed by atoms with van der Waals surface area (Å²) in [5.74, 6) is -0.389. The number of hydrogen-bond acceptors (Lipinski definition) is 6. The van der Waals surface area contributed by atoms with E-state index in [9.17, 15) is 18.5 Å². The monoisotopic (exact) mass is 503 g/mol. The number of sulfone groups is 1. The zero-order valence-electron chi connectivity index (χ0n) is 15.2. The fourth-order valence-corrected chi connectivity index (χ4v) is 5.24. The van der Waals surface area contributed by atoms with Gasteiger partial charge in [-0.1, -0.05) is 0 Å². The zero-order chi connectivity index (χ0) is 20.0. The van der Waals surface area contributed by atoms with Gasteiger partial charge in [0.25, 0.3) is 5.91 Å². The van der Waals surface area contributed by atoms with Crippen LogP contribution in [0.2, 0.25) is 0 Å². The standard InChI is InChI=1S/C18H22IN3O4S/c1-13-9-15(19)3-4-17(13)21-18(23)14(10-20)11-22(6-7-26-2)16-5-8-27(24,25)12-16/h3-4,9,11,16H,5-8,12H2,1-2H3,(H,21,23)/b14-11-. The van der Waals surface area contributed by atoms with Crippen molar-refractivity contribution in [2.24, 2.45) is 0 Å². The van der Waals surface area contributed by atoms with Crippen molar-refractivity contribution < 1.29 is 17.9 Å². The lowest BCUT2D eigenvalue weighted by Crippen LogP contribution is -2.35. The molecule has 27 heavy (non-hydrogen) atoms. The Morgan fingerprint density at radius 1 is 1.52 bits per heavy atom. The Kier molecular flexibility index (Phi) is 7.64. The second-order valence-corrected chi connectivity index (χ2v) is 9.83. The first-order chi connectivity index (χ1) is 12.8. The lowest BCUT2D eigenvalue weighted by Gasteiger charge is -2.26. The highest BCUT2D eigenvalue weighted by atomic mass is 127. The molecule has 1 aliphatic rings. The van der Waals surface area contributed by atoms with Gasteiger partial charge in [-0.15, -0.1) is 0 Å². The molecule has 1 atom stereocenters. The van der Waals surface area contributed by atoms with Gasteiger partial charge < -0.3 is 15.0 Å². The van der Waals surface area contributed by atoms with Crippen LogP contribution in [0.3, 0.4) is 0 Å². The molecule has 1 aromatic carbocycles. The summed E-state index contributed by atoms with van der Waals surface area (Å²) >= 11 is 2.19. The molecule has 1 amide bonds. The molecular weight excluding hydrogens is 481 g/mol. The molecule has 1 saturated heterocycles. The van der Waals surface area contributed by atoms with Gasteiger partial charge in [-0.3, -0.25) is 4.79 Å². The van der Waals surface area contributed by atoms with E-state index in [1.165, 1.54) is 6.20 Å². The Morgan fingerprint density at radius 3 is 2.81 bits per heavy atom. The van der Waals surface area contributed by atoms with E-state index >= 15 is 0 Å². The molecule has 1 fully saturated rings. The number of benzene rings is 1. The van der Waals surface area contributed by atoms with Gasteiger partial charge in [-0.05, 0) is 59.7 Å². The van der Waals surface area contributed by atoms with E-state index in [0.29, 0.717) is 25.3 Å². The predicted molar refractivity (Wildman–Crippen MR) is 112 cm³/mol. The third-order valence-corrected chi connectivity index (χ3v) is 6.75. The molecule has 1 heterocycles. The van der Waals surface area contributed by atoms with Gasteiger partial charge in [0.1, 0.15) is 11.6 Å². The van der Waals surface area contributed by atoms with E-state index < -0.39 is 15.7 Å². The molecule has 1 aromatic rings. The van der Waals surface area contributed by atoms with Crippen molar-refractivity contribution in [2.45, 2.75) is 19.4 Å². The van der Waals surface area contributed by atoms with Crippen LogP contribution in [0.25, 0.3) is 0 Å². The van der Waals surface area contributed by atoms with Gasteiger partial charge in [0.15, 0.2) is 9.84 Å². The van der Waals surface area contributed by atoms with Gasteiger partial charge in [0.2, 0.25) is 0 Å². The van der Waals surface area contributed by atoms with E-state index in [-0.39, 0.29) is 23.1 Å². The number of nitriles is 1. The molecule has 1 unspecified atom stereocenters. The summed E-state index contributed by atoms with van der Waals surface area (Å²) in [6.45, 7) is 2.64. The van der Waals surface area contributed by atoms with Crippen LogP contribution in [-0.4, -0.2) is 57.0 Å². The largest absolute Gasteiger partial charge is 0.383 e. The quantitative estimate of drug-likeness (QED) is 0.348. The molecule has 0 bridgehead atoms. The van der Waals surface area contributed by atoms with Gasteiger partial charge >= 0.3 is 0 Å². The summed E-state index contributed by atoms with van der Waals surface area (Å²) in [4.78, 5) is 14.3. The molecule has 0 spiro atoms. The number of rotatable bonds is 7. The molecule has 0 aliphatic carbocycles. The average molecular weight is 503 g/mol. The van der Waals surface area contributed by atoms with Gasteiger partial charge in [0.05, 0.1) is 18.1 Å². The molecule has 0 saturated carbocycles. The lowest BCUT2D eigenvalue weighted by atomic mass is 10.2. The van der Waals surface area contributed by atoms with Crippen molar-refractivity contribution in [3.05, 3.63) is 39.1 Å². The van der Waals surface area contributed by atoms with Crippen molar-refractivity contribution >= 4 is 44.0 Å². The highest BCUT2D eigenvalue weighted by Crippen LogP contribution is 2.21. The Hall–Kier alpha value is -1.64. The summed E-state index contributed by atoms with van der Waals surface area (Å²) in [5.41, 5.74) is 1.45. The zero-order valence-corrected chi connectivity index (χ0v) is 18.2. The third-order valence-electron chi connectivity index (χ3n) is 4.33. The van der Waals surface area contributed by atoms with Crippen LogP contribution < -0.4 is 5.32 Å². The first-order valence-electron chi connectivity index (χ1n) is 8.40. The van der Waals surface area contributed by atoms with Crippen LogP contribution in [0, 0.1) is 21.8 Å². The van der Waals surface area contributed by atoms with Gasteiger partial charge in [-0.25, -0.2) is 8.42 Å². The second kappa shape index (κ2) is 9.52. The van der Waals surface area contributed by atoms with Crippen LogP contribution in [0.15, 0.2) is 30.0 Å². The van der Waals surface area contributed by atoms with Crippen molar-refractivity contribution in [3.8, 4) is 6.07 Å². The van der Waals surface area contributed by atoms with E-state index in [0.717, 1.165) is 9.13 Å². The normalized spacial score (nSPS) is 18.7. The number of carbonyl (C=O) groups is 1. The lowest BCUT2D eigenvalue weighted by molar-refractivity contribution is -0.112. The maximum Gasteiger partial charge on any atom is 0.267 e. The predicted octanol–water partition coefficient (Wildman–Crippen LogP) is 2.08. The molecule has 2 rings (SSSR count). The van der Waals surface area contributed by atoms with Crippen LogP contribution >= 0.6 is 22.6 Å². The number of nitrogens with one attached hydrogen (secondary N) is 1. The summed E-state index contributed by atoms with van der Waals surface area (Å²) in [6.07, 6.45) is 1.92. The fraction of sp³-hybridized carbons (Fsp3) is 0.444. The molecule has 1 aliphatic heterocycles. The number of halogens is 1. The van der Waals surface area contributed by atoms with Crippen molar-refractivity contribution in [1.29, 1.82) is 5.26 Å². The Morgan fingerprint density at radius 2 is 2.26 bits per heavy atom. The van der Waals surface area contributed by atoms with E-state index in [4.69, 9.17) is 4.74 Å². The van der Waals surface area contributed by atoms with Crippen molar-refractivity contribution in [2.75, 3.05) is 37.1 Å². The Bertz CT molecular complexity index is 877. The minimum Gasteiger partial charge on any atom is -0.383 e. The van der Waals surface area contributed by atoms with Gasteiger partial charge in [-0.2, -0.15) is 5.26 Å². The first kappa shape index (κ1) is 21.7. The Labute approximate surface area is 173 Å². The van der Waals surface area contributed by atoms with Crippen molar-refractivity contribution in [3.63, 3.8) is 0 Å². The third kappa shape index (κ3) is 6.19. The average Bonchev–Trinajstić information content (AvgIpc) is 2.97. The highest BCUT2D eigenvalue weighted by Gasteiger charge is 2.31. The molecule has 1 N–H and O–H groups in total. The van der Waals surface area contributed by atoms with Crippen molar-refractivity contribution in [1.82, 2.24) is 4.90 Å². The van der Waals surface area contributed by atoms with E-state index in [2.05, 4.69) is 27.9 Å². The topological polar surface area (TPSA) is 99.5 Å². The number of ether oxygens (including phenoxy) is 1. The van der Waals surface area contributed by atoms with Crippen LogP contribution in [-0.2, 0) is 19.4 Å². The highest BCUT2D eigenvalue weighted by molar-refractivity contribution is 14.1. The van der Waals surface area contributed by atoms with Crippen LogP contribution in [0.4, 0.5) is 5.69 Å². The Balaban J connectivity index is 2.21. The molecular formula is C18H22IN3O4S. The SMILES string of the molecule is COCCN(/C=C(/C#N)C(=O)Nc1ccc(I)cc1C)C1CCS(=O)(=O)C1. The summed E-state index contributed by atoms with van der Waals surface area (Å²) < 4.78 is 29.7. The van der Waals surface area contributed by atoms with Crippen LogP contribution in [0.1, 0.15) is 12.0 Å². The maximum absolute atomic E-state index is 12.6. The second-order valence-electron chi connectivity index (χ2n) is 6.36. The molecule has 0 aromatic heterocycles. The minimum absolute atomic E-state index is 0.0176. The van der Waals surface area contributed by atoms with E-state index in [1.807, 2.05) is 25.1 Å². The number of methoxy groups -OCH3 is 1. The number of nitrogens with zero attached hydrogens (tertiary/aromatic N) is 2. The number of anilines is 1. The molecule has 146 valence electrons. The maximum atomic E-state index is 12.6. The molecule has 9 heteroatoms. The minimum atomic E-state index is -3.08. The van der Waals surface area contributed by atoms with E-state index in [1.54, 1.807) is 18.1 Å². The van der Waals surface area contributed by atoms with Gasteiger partial charge in [0, 0.05) is 35.2 Å².